The lowest BCUT2D eigenvalue weighted by atomic mass is 10.0. The van der Waals surface area contributed by atoms with Crippen molar-refractivity contribution in [1.82, 2.24) is 14.7 Å². The number of nitrogens with zero attached hydrogens (tertiary/aromatic N) is 4. The van der Waals surface area contributed by atoms with Gasteiger partial charge in [-0.2, -0.15) is 5.10 Å². The van der Waals surface area contributed by atoms with Gasteiger partial charge in [-0.25, -0.2) is 0 Å². The highest BCUT2D eigenvalue weighted by atomic mass is 15.4. The summed E-state index contributed by atoms with van der Waals surface area (Å²) in [4.78, 5) is 6.94. The van der Waals surface area contributed by atoms with Gasteiger partial charge in [-0.3, -0.25) is 9.67 Å². The second-order valence-electron chi connectivity index (χ2n) is 6.33. The predicted octanol–water partition coefficient (Wildman–Crippen LogP) is 2.38. The van der Waals surface area contributed by atoms with Crippen molar-refractivity contribution < 1.29 is 0 Å². The third-order valence-corrected chi connectivity index (χ3v) is 4.88. The molecule has 0 spiro atoms. The van der Waals surface area contributed by atoms with Crippen LogP contribution in [0.1, 0.15) is 62.7 Å². The molecule has 0 amide bonds. The minimum absolute atomic E-state index is 0.289. The molecule has 2 heterocycles. The maximum Gasteiger partial charge on any atom is 0.192 e. The van der Waals surface area contributed by atoms with Crippen LogP contribution in [0.15, 0.2) is 11.2 Å². The second kappa shape index (κ2) is 6.08. The van der Waals surface area contributed by atoms with Gasteiger partial charge in [-0.15, -0.1) is 0 Å². The highest BCUT2D eigenvalue weighted by molar-refractivity contribution is 5.80. The van der Waals surface area contributed by atoms with Gasteiger partial charge in [0.05, 0.1) is 18.3 Å². The van der Waals surface area contributed by atoms with Crippen LogP contribution in [0.3, 0.4) is 0 Å². The van der Waals surface area contributed by atoms with E-state index in [-0.39, 0.29) is 6.04 Å². The van der Waals surface area contributed by atoms with Gasteiger partial charge < -0.3 is 10.6 Å². The van der Waals surface area contributed by atoms with E-state index < -0.39 is 0 Å². The molecule has 0 radical (unpaired) electrons. The smallest absolute Gasteiger partial charge is 0.192 e. The average molecular weight is 289 g/mol. The third kappa shape index (κ3) is 2.78. The van der Waals surface area contributed by atoms with Crippen molar-refractivity contribution in [3.05, 3.63) is 17.5 Å². The summed E-state index contributed by atoms with van der Waals surface area (Å²) < 4.78 is 1.92. The highest BCUT2D eigenvalue weighted by Gasteiger charge is 2.35. The average Bonchev–Trinajstić information content (AvgIpc) is 2.91. The molecule has 116 valence electrons. The zero-order valence-corrected chi connectivity index (χ0v) is 13.3. The van der Waals surface area contributed by atoms with Crippen LogP contribution in [0, 0.1) is 0 Å². The lowest BCUT2D eigenvalue weighted by Gasteiger charge is -2.34. The maximum atomic E-state index is 6.24. The molecule has 2 N–H and O–H groups in total. The molecule has 5 heteroatoms. The van der Waals surface area contributed by atoms with Crippen LogP contribution < -0.4 is 5.73 Å². The summed E-state index contributed by atoms with van der Waals surface area (Å²) in [6, 6.07) is 0.838. The molecule has 1 aliphatic heterocycles. The lowest BCUT2D eigenvalue weighted by Crippen LogP contribution is -2.43. The number of hydrogen-bond acceptors (Lipinski definition) is 4. The van der Waals surface area contributed by atoms with Gasteiger partial charge in [0.25, 0.3) is 0 Å². The SMILES string of the molecule is CCc1nn(C)cc1C1CN=C(N)N1C1CCCCCC1. The first-order valence-electron chi connectivity index (χ1n) is 8.31. The molecule has 1 aliphatic carbocycles. The summed E-state index contributed by atoms with van der Waals surface area (Å²) in [7, 11) is 2.00. The molecule has 2 aliphatic rings. The first kappa shape index (κ1) is 14.4. The first-order valence-corrected chi connectivity index (χ1v) is 8.31. The standard InChI is InChI=1S/C16H27N5/c1-3-14-13(11-20(2)19-14)15-10-18-16(17)21(15)12-8-6-4-5-7-9-12/h11-12,15H,3-10H2,1-2H3,(H2,17,18). The summed E-state index contributed by atoms with van der Waals surface area (Å²) in [5.41, 5.74) is 8.74. The van der Waals surface area contributed by atoms with Crippen LogP contribution in [0.2, 0.25) is 0 Å². The molecule has 1 atom stereocenters. The number of rotatable bonds is 3. The van der Waals surface area contributed by atoms with Crippen LogP contribution in [-0.2, 0) is 13.5 Å². The van der Waals surface area contributed by atoms with Gasteiger partial charge in [0, 0.05) is 24.8 Å². The number of hydrogen-bond donors (Lipinski definition) is 1. The summed E-state index contributed by atoms with van der Waals surface area (Å²) in [5, 5.41) is 4.60. The van der Waals surface area contributed by atoms with E-state index in [1.54, 1.807) is 0 Å². The van der Waals surface area contributed by atoms with E-state index >= 15 is 0 Å². The van der Waals surface area contributed by atoms with Gasteiger partial charge in [-0.05, 0) is 19.3 Å². The molecule has 1 aromatic heterocycles. The fourth-order valence-electron chi connectivity index (χ4n) is 3.84. The van der Waals surface area contributed by atoms with Gasteiger partial charge >= 0.3 is 0 Å². The first-order chi connectivity index (χ1) is 10.2. The predicted molar refractivity (Wildman–Crippen MR) is 85.1 cm³/mol. The third-order valence-electron chi connectivity index (χ3n) is 4.88. The Hall–Kier alpha value is -1.52. The van der Waals surface area contributed by atoms with Crippen molar-refractivity contribution in [2.24, 2.45) is 17.8 Å². The number of aryl methyl sites for hydroxylation is 2. The molecular formula is C16H27N5. The summed E-state index contributed by atoms with van der Waals surface area (Å²) >= 11 is 0. The molecule has 3 rings (SSSR count). The van der Waals surface area contributed by atoms with Gasteiger partial charge in [-0.1, -0.05) is 32.6 Å². The summed E-state index contributed by atoms with van der Waals surface area (Å²) in [6.07, 6.45) is 11.0. The van der Waals surface area contributed by atoms with Gasteiger partial charge in [0.2, 0.25) is 0 Å². The Morgan fingerprint density at radius 2 is 1.95 bits per heavy atom. The lowest BCUT2D eigenvalue weighted by molar-refractivity contribution is 0.236. The van der Waals surface area contributed by atoms with E-state index in [4.69, 9.17) is 5.73 Å². The Morgan fingerprint density at radius 1 is 1.24 bits per heavy atom. The van der Waals surface area contributed by atoms with Crippen molar-refractivity contribution in [2.45, 2.75) is 64.0 Å². The molecular weight excluding hydrogens is 262 g/mol. The fraction of sp³-hybridized carbons (Fsp3) is 0.750. The van der Waals surface area contributed by atoms with Crippen molar-refractivity contribution in [2.75, 3.05) is 6.54 Å². The maximum absolute atomic E-state index is 6.24. The number of nitrogens with two attached hydrogens (primary N) is 1. The Kier molecular flexibility index (Phi) is 4.17. The molecule has 1 saturated carbocycles. The Balaban J connectivity index is 1.87. The van der Waals surface area contributed by atoms with Crippen LogP contribution >= 0.6 is 0 Å². The van der Waals surface area contributed by atoms with E-state index in [9.17, 15) is 0 Å². The van der Waals surface area contributed by atoms with E-state index in [2.05, 4.69) is 28.1 Å². The van der Waals surface area contributed by atoms with Gasteiger partial charge in [0.1, 0.15) is 0 Å². The van der Waals surface area contributed by atoms with Crippen LogP contribution in [0.25, 0.3) is 0 Å². The monoisotopic (exact) mass is 289 g/mol. The van der Waals surface area contributed by atoms with E-state index in [0.29, 0.717) is 6.04 Å². The minimum atomic E-state index is 0.289. The van der Waals surface area contributed by atoms with Crippen molar-refractivity contribution >= 4 is 5.96 Å². The summed E-state index contributed by atoms with van der Waals surface area (Å²) in [5.74, 6) is 0.734. The molecule has 21 heavy (non-hydrogen) atoms. The molecule has 1 unspecified atom stereocenters. The normalized spacial score (nSPS) is 24.2. The van der Waals surface area contributed by atoms with E-state index in [1.165, 1.54) is 49.8 Å². The van der Waals surface area contributed by atoms with Crippen molar-refractivity contribution in [3.8, 4) is 0 Å². The number of aromatic nitrogens is 2. The quantitative estimate of drug-likeness (QED) is 0.869. The van der Waals surface area contributed by atoms with Crippen molar-refractivity contribution in [3.63, 3.8) is 0 Å². The number of aliphatic imine (C=N–C) groups is 1. The van der Waals surface area contributed by atoms with Crippen LogP contribution in [-0.4, -0.2) is 33.2 Å². The van der Waals surface area contributed by atoms with Crippen LogP contribution in [0.5, 0.6) is 0 Å². The Labute approximate surface area is 127 Å². The molecule has 5 nitrogen and oxygen atoms in total. The Morgan fingerprint density at radius 3 is 2.62 bits per heavy atom. The highest BCUT2D eigenvalue weighted by Crippen LogP contribution is 2.34. The Bertz CT molecular complexity index is 511. The zero-order chi connectivity index (χ0) is 14.8. The minimum Gasteiger partial charge on any atom is -0.370 e. The van der Waals surface area contributed by atoms with Gasteiger partial charge in [0.15, 0.2) is 5.96 Å². The second-order valence-corrected chi connectivity index (χ2v) is 6.33. The number of guanidine groups is 1. The zero-order valence-electron chi connectivity index (χ0n) is 13.3. The fourth-order valence-corrected chi connectivity index (χ4v) is 3.84. The topological polar surface area (TPSA) is 59.4 Å². The molecule has 0 bridgehead atoms. The van der Waals surface area contributed by atoms with E-state index in [0.717, 1.165) is 18.9 Å². The largest absolute Gasteiger partial charge is 0.370 e. The van der Waals surface area contributed by atoms with Crippen LogP contribution in [0.4, 0.5) is 0 Å². The molecule has 1 aromatic rings. The van der Waals surface area contributed by atoms with Crippen molar-refractivity contribution in [1.29, 1.82) is 0 Å². The van der Waals surface area contributed by atoms with E-state index in [1.807, 2.05) is 11.7 Å². The molecule has 0 saturated heterocycles. The summed E-state index contributed by atoms with van der Waals surface area (Å²) in [6.45, 7) is 2.95. The molecule has 0 aromatic carbocycles. The molecule has 1 fully saturated rings.